The van der Waals surface area contributed by atoms with Crippen LogP contribution in [-0.4, -0.2) is 30.7 Å². The van der Waals surface area contributed by atoms with Crippen molar-refractivity contribution in [2.24, 2.45) is 0 Å². The van der Waals surface area contributed by atoms with Gasteiger partial charge in [-0.1, -0.05) is 65.5 Å². The number of quaternary nitrogens is 1. The Hall–Kier alpha value is -0.550. The first-order chi connectivity index (χ1) is 12.2. The number of nitrogens with zero attached hydrogens (tertiary/aromatic N) is 1. The van der Waals surface area contributed by atoms with Gasteiger partial charge in [-0.25, -0.2) is 0 Å². The number of hydrogen-bond acceptors (Lipinski definition) is 0. The van der Waals surface area contributed by atoms with E-state index in [4.69, 9.17) is 0 Å². The van der Waals surface area contributed by atoms with Gasteiger partial charge in [0.1, 0.15) is 0 Å². The Balaban J connectivity index is 0. The van der Waals surface area contributed by atoms with E-state index < -0.39 is 7.81 Å². The van der Waals surface area contributed by atoms with Gasteiger partial charge in [-0.15, -0.1) is 0 Å². The molecule has 1 nitrogen and oxygen atoms in total. The summed E-state index contributed by atoms with van der Waals surface area (Å²) < 4.78 is 60.4. The van der Waals surface area contributed by atoms with Crippen LogP contribution in [0.1, 0.15) is 71.6 Å². The van der Waals surface area contributed by atoms with E-state index in [0.717, 1.165) is 13.1 Å². The van der Waals surface area contributed by atoms with E-state index in [1.54, 1.807) is 0 Å². The van der Waals surface area contributed by atoms with Crippen LogP contribution in [0.4, 0.5) is 25.2 Å². The first-order valence-electron chi connectivity index (χ1n) is 9.83. The van der Waals surface area contributed by atoms with E-state index in [0.29, 0.717) is 0 Å². The third kappa shape index (κ3) is 27.8. The molecule has 0 aromatic rings. The molecule has 0 bridgehead atoms. The molecule has 0 saturated carbocycles. The molecule has 0 aliphatic rings. The van der Waals surface area contributed by atoms with E-state index in [2.05, 4.69) is 39.2 Å². The molecule has 0 amide bonds. The SMILES string of the molecule is C=CC[N+](CC=C)(CCCC)CCCCCCCCC.F[P-](F)(F)(F)(F)F. The van der Waals surface area contributed by atoms with Crippen LogP contribution in [0, 0.1) is 0 Å². The Morgan fingerprint density at radius 3 is 1.33 bits per heavy atom. The fourth-order valence-electron chi connectivity index (χ4n) is 3.00. The fraction of sp³-hybridized carbons (Fsp3) is 0.789. The van der Waals surface area contributed by atoms with E-state index in [9.17, 15) is 25.2 Å². The van der Waals surface area contributed by atoms with Gasteiger partial charge in [-0.05, 0) is 31.4 Å². The number of halogens is 6. The van der Waals surface area contributed by atoms with Crippen molar-refractivity contribution >= 4 is 7.81 Å². The van der Waals surface area contributed by atoms with Crippen molar-refractivity contribution in [1.29, 1.82) is 0 Å². The molecule has 0 rings (SSSR count). The summed E-state index contributed by atoms with van der Waals surface area (Å²) in [4.78, 5) is 0. The van der Waals surface area contributed by atoms with Crippen LogP contribution >= 0.6 is 7.81 Å². The van der Waals surface area contributed by atoms with Crippen molar-refractivity contribution in [2.45, 2.75) is 71.6 Å². The summed E-state index contributed by atoms with van der Waals surface area (Å²) >= 11 is 0. The Kier molecular flexibility index (Phi) is 12.8. The van der Waals surface area contributed by atoms with Crippen LogP contribution in [0.25, 0.3) is 0 Å². The molecule has 0 N–H and O–H groups in total. The van der Waals surface area contributed by atoms with Crippen LogP contribution < -0.4 is 0 Å². The number of unbranched alkanes of at least 4 members (excludes halogenated alkanes) is 7. The third-order valence-electron chi connectivity index (χ3n) is 4.25. The topological polar surface area (TPSA) is 0 Å². The van der Waals surface area contributed by atoms with E-state index in [-0.39, 0.29) is 0 Å². The molecular formula is C19H38F6NP. The van der Waals surface area contributed by atoms with Gasteiger partial charge in [0, 0.05) is 0 Å². The van der Waals surface area contributed by atoms with Gasteiger partial charge in [-0.2, -0.15) is 0 Å². The molecule has 0 heterocycles. The summed E-state index contributed by atoms with van der Waals surface area (Å²) in [5.74, 6) is 0. The molecule has 0 atom stereocenters. The predicted octanol–water partition coefficient (Wildman–Crippen LogP) is 9.11. The van der Waals surface area contributed by atoms with Gasteiger partial charge in [0.05, 0.1) is 26.2 Å². The molecule has 8 heteroatoms. The predicted molar refractivity (Wildman–Crippen MR) is 107 cm³/mol. The van der Waals surface area contributed by atoms with Gasteiger partial charge in [0.2, 0.25) is 0 Å². The molecule has 0 aromatic heterocycles. The Morgan fingerprint density at radius 2 is 0.963 bits per heavy atom. The zero-order chi connectivity index (χ0) is 21.5. The molecule has 0 unspecified atom stereocenters. The second-order valence-corrected chi connectivity index (χ2v) is 9.08. The molecule has 0 radical (unpaired) electrons. The van der Waals surface area contributed by atoms with Crippen molar-refractivity contribution in [3.63, 3.8) is 0 Å². The van der Waals surface area contributed by atoms with E-state index in [1.165, 1.54) is 75.4 Å². The standard InChI is InChI=1S/C19H38N.F6P/c1-5-9-11-12-13-14-15-19-20(16-7-3,17-8-4)18-10-6-2;1-7(2,3,4,5)6/h7-8H,3-6,9-19H2,1-2H3;/q+1;-1. The van der Waals surface area contributed by atoms with E-state index in [1.807, 2.05) is 0 Å². The van der Waals surface area contributed by atoms with Crippen LogP contribution in [0.15, 0.2) is 25.3 Å². The molecule has 0 aromatic carbocycles. The summed E-state index contributed by atoms with van der Waals surface area (Å²) in [6.45, 7) is 17.3. The molecule has 0 aliphatic carbocycles. The zero-order valence-electron chi connectivity index (χ0n) is 16.9. The molecule has 0 saturated heterocycles. The first kappa shape index (κ1) is 28.7. The minimum atomic E-state index is -10.7. The zero-order valence-corrected chi connectivity index (χ0v) is 17.8. The summed E-state index contributed by atoms with van der Waals surface area (Å²) in [5, 5.41) is 0. The summed E-state index contributed by atoms with van der Waals surface area (Å²) in [7, 11) is -10.7. The van der Waals surface area contributed by atoms with E-state index >= 15 is 0 Å². The average Bonchev–Trinajstić information content (AvgIpc) is 2.49. The van der Waals surface area contributed by atoms with Crippen molar-refractivity contribution in [1.82, 2.24) is 0 Å². The molecule has 166 valence electrons. The summed E-state index contributed by atoms with van der Waals surface area (Å²) in [6.07, 6.45) is 16.6. The quantitative estimate of drug-likeness (QED) is 0.0807. The van der Waals surface area contributed by atoms with Crippen molar-refractivity contribution in [3.8, 4) is 0 Å². The van der Waals surface area contributed by atoms with Crippen molar-refractivity contribution < 1.29 is 29.7 Å². The van der Waals surface area contributed by atoms with Crippen molar-refractivity contribution in [2.75, 3.05) is 26.2 Å². The number of rotatable bonds is 15. The number of hydrogen-bond donors (Lipinski definition) is 0. The van der Waals surface area contributed by atoms with Crippen LogP contribution in [0.2, 0.25) is 0 Å². The monoisotopic (exact) mass is 425 g/mol. The summed E-state index contributed by atoms with van der Waals surface area (Å²) in [6, 6.07) is 0. The first-order valence-corrected chi connectivity index (χ1v) is 11.9. The maximum atomic E-state index is 9.87. The van der Waals surface area contributed by atoms with Crippen LogP contribution in [-0.2, 0) is 0 Å². The molecule has 0 fully saturated rings. The van der Waals surface area contributed by atoms with Crippen molar-refractivity contribution in [3.05, 3.63) is 25.3 Å². The van der Waals surface area contributed by atoms with Gasteiger partial charge >= 0.3 is 33.0 Å². The second-order valence-electron chi connectivity index (χ2n) is 7.16. The molecule has 0 aliphatic heterocycles. The van der Waals surface area contributed by atoms with Gasteiger partial charge < -0.3 is 4.48 Å². The Labute approximate surface area is 161 Å². The maximum absolute atomic E-state index is 10.7. The Morgan fingerprint density at radius 1 is 0.630 bits per heavy atom. The molecule has 27 heavy (non-hydrogen) atoms. The molecular weight excluding hydrogens is 387 g/mol. The van der Waals surface area contributed by atoms with Crippen LogP contribution in [0.5, 0.6) is 0 Å². The van der Waals surface area contributed by atoms with Gasteiger partial charge in [-0.3, -0.25) is 0 Å². The second kappa shape index (κ2) is 12.1. The van der Waals surface area contributed by atoms with Crippen LogP contribution in [0.3, 0.4) is 0 Å². The fourth-order valence-corrected chi connectivity index (χ4v) is 3.00. The summed E-state index contributed by atoms with van der Waals surface area (Å²) in [5.41, 5.74) is 0. The van der Waals surface area contributed by atoms with Gasteiger partial charge in [0.15, 0.2) is 0 Å². The minimum absolute atomic E-state index is 1.10. The average molecular weight is 425 g/mol. The molecule has 0 spiro atoms. The normalized spacial score (nSPS) is 14.5. The Bertz CT molecular complexity index is 383. The third-order valence-corrected chi connectivity index (χ3v) is 4.25. The van der Waals surface area contributed by atoms with Gasteiger partial charge in [0.25, 0.3) is 0 Å².